The first-order chi connectivity index (χ1) is 7.68. The standard InChI is InChI=1S/C12H13NO3/c1-9(13-8-7-11(13)14)16-12(15)10-5-3-2-4-6-10/h2-6,9H,7-8H2,1H3/t9-/m0/s1. The summed E-state index contributed by atoms with van der Waals surface area (Å²) in [7, 11) is 0. The number of likely N-dealkylation sites (tertiary alicyclic amines) is 1. The van der Waals surface area contributed by atoms with Gasteiger partial charge in [0.2, 0.25) is 5.91 Å². The maximum absolute atomic E-state index is 11.6. The third-order valence-electron chi connectivity index (χ3n) is 2.61. The highest BCUT2D eigenvalue weighted by Crippen LogP contribution is 2.15. The minimum atomic E-state index is -0.478. The van der Waals surface area contributed by atoms with E-state index in [1.54, 1.807) is 36.1 Å². The van der Waals surface area contributed by atoms with Crippen molar-refractivity contribution in [2.45, 2.75) is 19.6 Å². The molecule has 0 unspecified atom stereocenters. The van der Waals surface area contributed by atoms with Crippen LogP contribution in [0.25, 0.3) is 0 Å². The number of β-lactam (4-membered cyclic amide) rings is 1. The summed E-state index contributed by atoms with van der Waals surface area (Å²) in [6.07, 6.45) is 0.0710. The average Bonchev–Trinajstić information content (AvgIpc) is 2.28. The smallest absolute Gasteiger partial charge is 0.340 e. The predicted molar refractivity (Wildman–Crippen MR) is 57.6 cm³/mol. The number of hydrogen-bond donors (Lipinski definition) is 0. The van der Waals surface area contributed by atoms with Crippen molar-refractivity contribution in [3.8, 4) is 0 Å². The van der Waals surface area contributed by atoms with Gasteiger partial charge in [0.15, 0.2) is 6.23 Å². The molecule has 1 atom stereocenters. The summed E-state index contributed by atoms with van der Waals surface area (Å²) in [4.78, 5) is 24.3. The second-order valence-corrected chi connectivity index (χ2v) is 3.71. The third-order valence-corrected chi connectivity index (χ3v) is 2.61. The van der Waals surface area contributed by atoms with Crippen molar-refractivity contribution >= 4 is 11.9 Å². The number of nitrogens with zero attached hydrogens (tertiary/aromatic N) is 1. The van der Waals surface area contributed by atoms with Gasteiger partial charge < -0.3 is 9.64 Å². The molecule has 2 rings (SSSR count). The van der Waals surface area contributed by atoms with Crippen LogP contribution in [0.2, 0.25) is 0 Å². The highest BCUT2D eigenvalue weighted by molar-refractivity contribution is 5.89. The Balaban J connectivity index is 1.95. The average molecular weight is 219 g/mol. The molecule has 4 heteroatoms. The lowest BCUT2D eigenvalue weighted by Gasteiger charge is -2.35. The Labute approximate surface area is 93.8 Å². The van der Waals surface area contributed by atoms with Gasteiger partial charge in [-0.1, -0.05) is 18.2 Å². The fourth-order valence-electron chi connectivity index (χ4n) is 1.58. The molecule has 0 saturated carbocycles. The molecular formula is C12H13NO3. The maximum Gasteiger partial charge on any atom is 0.340 e. The molecule has 1 fully saturated rings. The first-order valence-corrected chi connectivity index (χ1v) is 5.24. The van der Waals surface area contributed by atoms with Crippen LogP contribution in [0.1, 0.15) is 23.7 Å². The van der Waals surface area contributed by atoms with Crippen molar-refractivity contribution in [2.75, 3.05) is 6.54 Å². The van der Waals surface area contributed by atoms with Gasteiger partial charge in [-0.3, -0.25) is 4.79 Å². The van der Waals surface area contributed by atoms with Crippen LogP contribution >= 0.6 is 0 Å². The molecule has 1 aliphatic rings. The fourth-order valence-corrected chi connectivity index (χ4v) is 1.58. The summed E-state index contributed by atoms with van der Waals surface area (Å²) in [6.45, 7) is 2.37. The number of amides is 1. The first-order valence-electron chi connectivity index (χ1n) is 5.24. The Morgan fingerprint density at radius 2 is 2.06 bits per heavy atom. The van der Waals surface area contributed by atoms with Crippen LogP contribution in [0.3, 0.4) is 0 Å². The summed E-state index contributed by atoms with van der Waals surface area (Å²) in [5, 5.41) is 0. The molecular weight excluding hydrogens is 206 g/mol. The van der Waals surface area contributed by atoms with E-state index in [0.29, 0.717) is 18.5 Å². The molecule has 0 aliphatic carbocycles. The molecule has 0 N–H and O–H groups in total. The van der Waals surface area contributed by atoms with Gasteiger partial charge in [-0.25, -0.2) is 4.79 Å². The highest BCUT2D eigenvalue weighted by Gasteiger charge is 2.30. The van der Waals surface area contributed by atoms with Gasteiger partial charge in [0, 0.05) is 13.0 Å². The minimum absolute atomic E-state index is 0.0355. The lowest BCUT2D eigenvalue weighted by atomic mass is 10.2. The number of carbonyl (C=O) groups is 2. The molecule has 84 valence electrons. The number of hydrogen-bond acceptors (Lipinski definition) is 3. The van der Waals surface area contributed by atoms with Crippen LogP contribution in [-0.4, -0.2) is 29.5 Å². The number of ether oxygens (including phenoxy) is 1. The summed E-state index contributed by atoms with van der Waals surface area (Å²) in [5.41, 5.74) is 0.502. The summed E-state index contributed by atoms with van der Waals surface area (Å²) in [6, 6.07) is 8.76. The zero-order chi connectivity index (χ0) is 11.5. The Hall–Kier alpha value is -1.84. The van der Waals surface area contributed by atoms with Crippen molar-refractivity contribution in [2.24, 2.45) is 0 Å². The first kappa shape index (κ1) is 10.7. The van der Waals surface area contributed by atoms with Gasteiger partial charge in [-0.15, -0.1) is 0 Å². The zero-order valence-electron chi connectivity index (χ0n) is 9.05. The van der Waals surface area contributed by atoms with Crippen LogP contribution in [0.15, 0.2) is 30.3 Å². The van der Waals surface area contributed by atoms with Crippen molar-refractivity contribution in [3.05, 3.63) is 35.9 Å². The highest BCUT2D eigenvalue weighted by atomic mass is 16.6. The third kappa shape index (κ3) is 2.05. The van der Waals surface area contributed by atoms with Gasteiger partial charge in [0.25, 0.3) is 0 Å². The molecule has 1 aromatic rings. The van der Waals surface area contributed by atoms with E-state index in [9.17, 15) is 9.59 Å². The number of benzene rings is 1. The SMILES string of the molecule is C[C@H](OC(=O)c1ccccc1)N1CCC1=O. The maximum atomic E-state index is 11.6. The quantitative estimate of drug-likeness (QED) is 0.570. The van der Waals surface area contributed by atoms with Gasteiger partial charge in [-0.05, 0) is 19.1 Å². The molecule has 0 spiro atoms. The second kappa shape index (κ2) is 4.35. The second-order valence-electron chi connectivity index (χ2n) is 3.71. The lowest BCUT2D eigenvalue weighted by Crippen LogP contribution is -2.50. The predicted octanol–water partition coefficient (Wildman–Crippen LogP) is 1.42. The van der Waals surface area contributed by atoms with Crippen LogP contribution < -0.4 is 0 Å². The Bertz CT molecular complexity index is 402. The number of rotatable bonds is 3. The van der Waals surface area contributed by atoms with Crippen molar-refractivity contribution in [1.82, 2.24) is 4.90 Å². The summed E-state index contributed by atoms with van der Waals surface area (Å²) < 4.78 is 5.18. The van der Waals surface area contributed by atoms with Crippen molar-refractivity contribution in [3.63, 3.8) is 0 Å². The van der Waals surface area contributed by atoms with Crippen LogP contribution in [0.5, 0.6) is 0 Å². The van der Waals surface area contributed by atoms with Gasteiger partial charge >= 0.3 is 5.97 Å². The van der Waals surface area contributed by atoms with E-state index in [1.165, 1.54) is 0 Å². The minimum Gasteiger partial charge on any atom is -0.438 e. The Kier molecular flexibility index (Phi) is 2.90. The van der Waals surface area contributed by atoms with E-state index in [2.05, 4.69) is 0 Å². The molecule has 1 aliphatic heterocycles. The Morgan fingerprint density at radius 3 is 2.56 bits per heavy atom. The fraction of sp³-hybridized carbons (Fsp3) is 0.333. The molecule has 16 heavy (non-hydrogen) atoms. The van der Waals surface area contributed by atoms with E-state index in [1.807, 2.05) is 6.07 Å². The molecule has 1 aromatic carbocycles. The van der Waals surface area contributed by atoms with E-state index in [4.69, 9.17) is 4.74 Å². The molecule has 1 saturated heterocycles. The van der Waals surface area contributed by atoms with E-state index in [0.717, 1.165) is 0 Å². The molecule has 0 aromatic heterocycles. The van der Waals surface area contributed by atoms with Crippen LogP contribution in [-0.2, 0) is 9.53 Å². The van der Waals surface area contributed by atoms with Gasteiger partial charge in [0.1, 0.15) is 0 Å². The monoisotopic (exact) mass is 219 g/mol. The van der Waals surface area contributed by atoms with Crippen molar-refractivity contribution in [1.29, 1.82) is 0 Å². The van der Waals surface area contributed by atoms with E-state index in [-0.39, 0.29) is 5.91 Å². The summed E-state index contributed by atoms with van der Waals surface area (Å²) >= 11 is 0. The van der Waals surface area contributed by atoms with Crippen LogP contribution in [0, 0.1) is 0 Å². The summed E-state index contributed by atoms with van der Waals surface area (Å²) in [5.74, 6) is -0.360. The van der Waals surface area contributed by atoms with E-state index < -0.39 is 12.2 Å². The lowest BCUT2D eigenvalue weighted by molar-refractivity contribution is -0.152. The van der Waals surface area contributed by atoms with Crippen molar-refractivity contribution < 1.29 is 14.3 Å². The molecule has 0 bridgehead atoms. The number of esters is 1. The largest absolute Gasteiger partial charge is 0.438 e. The molecule has 4 nitrogen and oxygen atoms in total. The normalized spacial score (nSPS) is 16.6. The van der Waals surface area contributed by atoms with Crippen LogP contribution in [0.4, 0.5) is 0 Å². The molecule has 0 radical (unpaired) electrons. The van der Waals surface area contributed by atoms with E-state index >= 15 is 0 Å². The molecule has 1 amide bonds. The van der Waals surface area contributed by atoms with Gasteiger partial charge in [-0.2, -0.15) is 0 Å². The molecule has 1 heterocycles. The zero-order valence-corrected chi connectivity index (χ0v) is 9.05. The van der Waals surface area contributed by atoms with Gasteiger partial charge in [0.05, 0.1) is 5.56 Å². The Morgan fingerprint density at radius 1 is 1.38 bits per heavy atom. The topological polar surface area (TPSA) is 46.6 Å². The number of carbonyl (C=O) groups excluding carboxylic acids is 2.